The Labute approximate surface area is 145 Å². The van der Waals surface area contributed by atoms with Crippen molar-refractivity contribution in [1.82, 2.24) is 4.98 Å². The summed E-state index contributed by atoms with van der Waals surface area (Å²) in [5.74, 6) is -0.974. The van der Waals surface area contributed by atoms with Crippen molar-refractivity contribution in [2.24, 2.45) is 5.73 Å². The number of benzene rings is 2. The number of H-pyrrole nitrogens is 1. The lowest BCUT2D eigenvalue weighted by atomic mass is 9.99. The van der Waals surface area contributed by atoms with Crippen LogP contribution in [0.15, 0.2) is 42.5 Å². The van der Waals surface area contributed by atoms with Gasteiger partial charge < -0.3 is 15.5 Å². The summed E-state index contributed by atoms with van der Waals surface area (Å²) in [7, 11) is 0. The lowest BCUT2D eigenvalue weighted by Crippen LogP contribution is -2.16. The highest BCUT2D eigenvalue weighted by Crippen LogP contribution is 2.32. The first kappa shape index (κ1) is 17.4. The van der Waals surface area contributed by atoms with Crippen LogP contribution >= 0.6 is 0 Å². The number of hydrogen-bond acceptors (Lipinski definition) is 3. The zero-order valence-electron chi connectivity index (χ0n) is 13.2. The second-order valence-electron chi connectivity index (χ2n) is 5.56. The third-order valence-electron chi connectivity index (χ3n) is 3.74. The molecule has 3 aromatic rings. The Morgan fingerprint density at radius 2 is 1.88 bits per heavy atom. The van der Waals surface area contributed by atoms with Crippen LogP contribution < -0.4 is 10.5 Å². The Balaban J connectivity index is 2.10. The first-order valence-corrected chi connectivity index (χ1v) is 7.45. The molecular formula is C18H12F3N3O2. The Bertz CT molecular complexity index is 1020. The average Bonchev–Trinajstić information content (AvgIpc) is 2.98. The molecule has 0 aliphatic carbocycles. The van der Waals surface area contributed by atoms with Crippen molar-refractivity contribution in [1.29, 1.82) is 5.26 Å². The third-order valence-corrected chi connectivity index (χ3v) is 3.74. The van der Waals surface area contributed by atoms with E-state index in [1.807, 2.05) is 6.07 Å². The highest BCUT2D eigenvalue weighted by atomic mass is 19.4. The largest absolute Gasteiger partial charge is 0.573 e. The molecule has 2 aromatic carbocycles. The van der Waals surface area contributed by atoms with Crippen LogP contribution in [-0.2, 0) is 6.42 Å². The maximum Gasteiger partial charge on any atom is 0.573 e. The van der Waals surface area contributed by atoms with Crippen molar-refractivity contribution in [2.75, 3.05) is 0 Å². The van der Waals surface area contributed by atoms with Crippen molar-refractivity contribution in [3.63, 3.8) is 0 Å². The molecule has 0 spiro atoms. The van der Waals surface area contributed by atoms with Gasteiger partial charge >= 0.3 is 6.36 Å². The second-order valence-corrected chi connectivity index (χ2v) is 5.56. The van der Waals surface area contributed by atoms with Crippen LogP contribution in [-0.4, -0.2) is 17.3 Å². The van der Waals surface area contributed by atoms with Crippen molar-refractivity contribution in [2.45, 2.75) is 12.8 Å². The molecule has 1 aromatic heterocycles. The van der Waals surface area contributed by atoms with Crippen molar-refractivity contribution < 1.29 is 22.7 Å². The number of primary amides is 1. The molecule has 3 rings (SSSR count). The van der Waals surface area contributed by atoms with E-state index in [0.717, 1.165) is 0 Å². The van der Waals surface area contributed by atoms with E-state index in [0.29, 0.717) is 27.6 Å². The topological polar surface area (TPSA) is 91.9 Å². The van der Waals surface area contributed by atoms with Gasteiger partial charge in [-0.3, -0.25) is 4.79 Å². The summed E-state index contributed by atoms with van der Waals surface area (Å²) in [4.78, 5) is 14.3. The van der Waals surface area contributed by atoms with E-state index in [-0.39, 0.29) is 17.9 Å². The van der Waals surface area contributed by atoms with E-state index in [1.54, 1.807) is 18.2 Å². The molecule has 0 aliphatic rings. The van der Waals surface area contributed by atoms with Crippen molar-refractivity contribution >= 4 is 16.8 Å². The molecule has 0 unspecified atom stereocenters. The Morgan fingerprint density at radius 1 is 1.19 bits per heavy atom. The lowest BCUT2D eigenvalue weighted by molar-refractivity contribution is -0.274. The molecule has 3 N–H and O–H groups in total. The number of rotatable bonds is 4. The minimum absolute atomic E-state index is 0.148. The fourth-order valence-electron chi connectivity index (χ4n) is 2.70. The van der Waals surface area contributed by atoms with Crippen LogP contribution in [0.5, 0.6) is 5.75 Å². The molecule has 0 saturated heterocycles. The summed E-state index contributed by atoms with van der Waals surface area (Å²) >= 11 is 0. The Kier molecular flexibility index (Phi) is 4.30. The van der Waals surface area contributed by atoms with Gasteiger partial charge in [-0.05, 0) is 41.5 Å². The number of halogens is 3. The van der Waals surface area contributed by atoms with Crippen LogP contribution in [0.1, 0.15) is 16.1 Å². The summed E-state index contributed by atoms with van der Waals surface area (Å²) < 4.78 is 40.7. The standard InChI is InChI=1S/C18H12F3N3O2/c19-18(20,21)26-13-3-1-11(2-4-13)14-8-10(5-6-22)7-12-9-15(17(23)25)24-16(12)14/h1-4,7-9,24H,5H2,(H2,23,25). The first-order chi connectivity index (χ1) is 12.3. The molecule has 0 aliphatic heterocycles. The molecule has 0 radical (unpaired) electrons. The Morgan fingerprint density at radius 3 is 2.46 bits per heavy atom. The highest BCUT2D eigenvalue weighted by Gasteiger charge is 2.31. The van der Waals surface area contributed by atoms with E-state index < -0.39 is 12.3 Å². The Hall–Kier alpha value is -3.47. The average molecular weight is 359 g/mol. The summed E-state index contributed by atoms with van der Waals surface area (Å²) in [6.07, 6.45) is -4.62. The van der Waals surface area contributed by atoms with Gasteiger partial charge in [0.25, 0.3) is 5.91 Å². The van der Waals surface area contributed by atoms with E-state index >= 15 is 0 Å². The number of nitrogens with zero attached hydrogens (tertiary/aromatic N) is 1. The number of ether oxygens (including phenoxy) is 1. The number of carbonyl (C=O) groups excluding carboxylic acids is 1. The van der Waals surface area contributed by atoms with E-state index in [4.69, 9.17) is 11.0 Å². The van der Waals surface area contributed by atoms with Crippen LogP contribution in [0.3, 0.4) is 0 Å². The first-order valence-electron chi connectivity index (χ1n) is 7.45. The molecule has 0 fully saturated rings. The van der Waals surface area contributed by atoms with Gasteiger partial charge in [-0.15, -0.1) is 13.2 Å². The lowest BCUT2D eigenvalue weighted by Gasteiger charge is -2.10. The smallest absolute Gasteiger partial charge is 0.406 e. The van der Waals surface area contributed by atoms with Crippen LogP contribution in [0.25, 0.3) is 22.0 Å². The summed E-state index contributed by atoms with van der Waals surface area (Å²) in [6, 6.07) is 12.5. The summed E-state index contributed by atoms with van der Waals surface area (Å²) in [6.45, 7) is 0. The number of nitrogens with one attached hydrogen (secondary N) is 1. The van der Waals surface area contributed by atoms with Gasteiger partial charge in [0, 0.05) is 10.9 Å². The van der Waals surface area contributed by atoms with Crippen LogP contribution in [0, 0.1) is 11.3 Å². The molecule has 1 amide bonds. The number of nitrogens with two attached hydrogens (primary N) is 1. The molecule has 1 heterocycles. The van der Waals surface area contributed by atoms with Gasteiger partial charge in [-0.1, -0.05) is 12.1 Å². The molecule has 5 nitrogen and oxygen atoms in total. The number of amides is 1. The number of aromatic nitrogens is 1. The number of alkyl halides is 3. The molecule has 0 bridgehead atoms. The number of fused-ring (bicyclic) bond motifs is 1. The molecule has 26 heavy (non-hydrogen) atoms. The predicted octanol–water partition coefficient (Wildman–Crippen LogP) is 3.90. The molecule has 0 saturated carbocycles. The van der Waals surface area contributed by atoms with Gasteiger partial charge in [0.2, 0.25) is 0 Å². The van der Waals surface area contributed by atoms with Crippen LogP contribution in [0.2, 0.25) is 0 Å². The van der Waals surface area contributed by atoms with Gasteiger partial charge in [-0.2, -0.15) is 5.26 Å². The van der Waals surface area contributed by atoms with E-state index in [2.05, 4.69) is 9.72 Å². The number of carbonyl (C=O) groups is 1. The zero-order chi connectivity index (χ0) is 18.9. The molecule has 8 heteroatoms. The number of aromatic amines is 1. The fraction of sp³-hybridized carbons (Fsp3) is 0.111. The highest BCUT2D eigenvalue weighted by molar-refractivity contribution is 6.02. The van der Waals surface area contributed by atoms with Gasteiger partial charge in [0.15, 0.2) is 0 Å². The number of hydrogen-bond donors (Lipinski definition) is 2. The van der Waals surface area contributed by atoms with Gasteiger partial charge in [-0.25, -0.2) is 0 Å². The maximum atomic E-state index is 12.3. The zero-order valence-corrected chi connectivity index (χ0v) is 13.2. The maximum absolute atomic E-state index is 12.3. The number of nitriles is 1. The molecular weight excluding hydrogens is 347 g/mol. The summed E-state index contributed by atoms with van der Waals surface area (Å²) in [5, 5.41) is 9.61. The minimum Gasteiger partial charge on any atom is -0.406 e. The normalized spacial score (nSPS) is 11.3. The quantitative estimate of drug-likeness (QED) is 0.740. The summed E-state index contributed by atoms with van der Waals surface area (Å²) in [5.41, 5.74) is 8.05. The third kappa shape index (κ3) is 3.62. The molecule has 0 atom stereocenters. The second kappa shape index (κ2) is 6.44. The van der Waals surface area contributed by atoms with Gasteiger partial charge in [0.05, 0.1) is 18.0 Å². The van der Waals surface area contributed by atoms with E-state index in [1.165, 1.54) is 24.3 Å². The molecule has 132 valence electrons. The predicted molar refractivity (Wildman–Crippen MR) is 88.3 cm³/mol. The van der Waals surface area contributed by atoms with Crippen LogP contribution in [0.4, 0.5) is 13.2 Å². The SMILES string of the molecule is N#CCc1cc(-c2ccc(OC(F)(F)F)cc2)c2[nH]c(C(N)=O)cc2c1. The van der Waals surface area contributed by atoms with Crippen molar-refractivity contribution in [3.05, 3.63) is 53.7 Å². The minimum atomic E-state index is -4.77. The van der Waals surface area contributed by atoms with Gasteiger partial charge in [0.1, 0.15) is 11.4 Å². The fourth-order valence-corrected chi connectivity index (χ4v) is 2.70. The monoisotopic (exact) mass is 359 g/mol. The van der Waals surface area contributed by atoms with E-state index in [9.17, 15) is 18.0 Å². The van der Waals surface area contributed by atoms with Crippen molar-refractivity contribution in [3.8, 4) is 22.9 Å².